The summed E-state index contributed by atoms with van der Waals surface area (Å²) in [7, 11) is 1.35. The number of carbonyl (C=O) groups excluding carboxylic acids is 1. The molecule has 146 valence electrons. The summed E-state index contributed by atoms with van der Waals surface area (Å²) >= 11 is 0. The van der Waals surface area contributed by atoms with E-state index >= 15 is 0 Å². The number of carbonyl (C=O) groups is 1. The van der Waals surface area contributed by atoms with E-state index in [1.54, 1.807) is 12.1 Å². The van der Waals surface area contributed by atoms with Gasteiger partial charge in [-0.1, -0.05) is 32.0 Å². The molecule has 0 atom stereocenters. The lowest BCUT2D eigenvalue weighted by atomic mass is 10.0. The molecule has 0 spiro atoms. The number of amides is 1. The number of benzene rings is 2. The van der Waals surface area contributed by atoms with Crippen LogP contribution in [0.15, 0.2) is 48.5 Å². The van der Waals surface area contributed by atoms with E-state index in [9.17, 15) is 13.6 Å². The first-order chi connectivity index (χ1) is 13.4. The van der Waals surface area contributed by atoms with Crippen LogP contribution in [-0.4, -0.2) is 24.6 Å². The van der Waals surface area contributed by atoms with E-state index < -0.39 is 6.61 Å². The zero-order chi connectivity index (χ0) is 20.3. The smallest absolute Gasteiger partial charge is 0.387 e. The Balaban J connectivity index is 1.97. The monoisotopic (exact) mass is 386 g/mol. The Bertz CT molecular complexity index is 1010. The number of para-hydroxylation sites is 1. The minimum atomic E-state index is -3.00. The van der Waals surface area contributed by atoms with Crippen molar-refractivity contribution in [2.24, 2.45) is 0 Å². The summed E-state index contributed by atoms with van der Waals surface area (Å²) in [6.45, 7) is 0.990. The molecule has 0 unspecified atom stereocenters. The van der Waals surface area contributed by atoms with E-state index in [0.717, 1.165) is 11.2 Å². The largest absolute Gasteiger partial charge is 0.493 e. The molecule has 1 amide bonds. The molecule has 1 heterocycles. The van der Waals surface area contributed by atoms with Gasteiger partial charge < -0.3 is 14.8 Å². The molecule has 0 saturated carbocycles. The number of methoxy groups -OCH3 is 1. The van der Waals surface area contributed by atoms with E-state index in [1.165, 1.54) is 19.2 Å². The van der Waals surface area contributed by atoms with Gasteiger partial charge in [0.25, 0.3) is 5.91 Å². The van der Waals surface area contributed by atoms with Gasteiger partial charge in [-0.05, 0) is 30.2 Å². The fourth-order valence-electron chi connectivity index (χ4n) is 2.82. The number of fused-ring (bicyclic) bond motifs is 1. The Morgan fingerprint density at radius 1 is 1.07 bits per heavy atom. The summed E-state index contributed by atoms with van der Waals surface area (Å²) in [6.07, 6.45) is 0. The van der Waals surface area contributed by atoms with E-state index in [1.807, 2.05) is 38.1 Å². The fraction of sp³-hybridized carbons (Fsp3) is 0.238. The van der Waals surface area contributed by atoms with Crippen LogP contribution >= 0.6 is 0 Å². The minimum Gasteiger partial charge on any atom is -0.493 e. The van der Waals surface area contributed by atoms with E-state index in [4.69, 9.17) is 4.74 Å². The number of nitrogens with one attached hydrogen (secondary N) is 1. The van der Waals surface area contributed by atoms with Gasteiger partial charge in [-0.3, -0.25) is 9.78 Å². The molecule has 1 aromatic heterocycles. The molecule has 0 aliphatic rings. The van der Waals surface area contributed by atoms with Crippen molar-refractivity contribution in [2.75, 3.05) is 12.4 Å². The number of nitrogens with zero attached hydrogens (tertiary/aromatic N) is 1. The molecule has 0 aliphatic carbocycles. The highest BCUT2D eigenvalue weighted by atomic mass is 19.3. The normalized spacial score (nSPS) is 11.1. The van der Waals surface area contributed by atoms with Crippen molar-refractivity contribution in [1.82, 2.24) is 4.98 Å². The van der Waals surface area contributed by atoms with Gasteiger partial charge in [-0.15, -0.1) is 0 Å². The van der Waals surface area contributed by atoms with Crippen LogP contribution in [0.1, 0.15) is 35.8 Å². The van der Waals surface area contributed by atoms with Crippen LogP contribution in [0.2, 0.25) is 0 Å². The Kier molecular flexibility index (Phi) is 5.73. The topological polar surface area (TPSA) is 60.5 Å². The second kappa shape index (κ2) is 8.21. The van der Waals surface area contributed by atoms with Crippen molar-refractivity contribution in [3.63, 3.8) is 0 Å². The standard InChI is InChI=1S/C21H20F2N2O3/c1-12(2)17-11-15(14-6-4-5-7-16(14)25-17)20(26)24-13-8-9-18(27-3)19(10-13)28-21(22)23/h4-12,21H,1-3H3,(H,24,26). The zero-order valence-electron chi connectivity index (χ0n) is 15.7. The maximum absolute atomic E-state index is 12.9. The number of hydrogen-bond acceptors (Lipinski definition) is 4. The van der Waals surface area contributed by atoms with Gasteiger partial charge >= 0.3 is 6.61 Å². The number of aromatic nitrogens is 1. The summed E-state index contributed by atoms with van der Waals surface area (Å²) in [4.78, 5) is 17.5. The number of pyridine rings is 1. The molecule has 0 radical (unpaired) electrons. The zero-order valence-corrected chi connectivity index (χ0v) is 15.7. The van der Waals surface area contributed by atoms with Gasteiger partial charge in [-0.25, -0.2) is 0 Å². The number of rotatable bonds is 6. The molecule has 2 aromatic carbocycles. The Morgan fingerprint density at radius 3 is 2.50 bits per heavy atom. The molecule has 3 rings (SSSR count). The van der Waals surface area contributed by atoms with Gasteiger partial charge in [0.05, 0.1) is 18.2 Å². The lowest BCUT2D eigenvalue weighted by molar-refractivity contribution is -0.0511. The molecule has 0 fully saturated rings. The van der Waals surface area contributed by atoms with Gasteiger partial charge in [0.2, 0.25) is 0 Å². The molecule has 7 heteroatoms. The molecule has 0 bridgehead atoms. The van der Waals surface area contributed by atoms with Crippen LogP contribution in [-0.2, 0) is 0 Å². The summed E-state index contributed by atoms with van der Waals surface area (Å²) in [6, 6.07) is 13.4. The van der Waals surface area contributed by atoms with Crippen molar-refractivity contribution >= 4 is 22.5 Å². The Morgan fingerprint density at radius 2 is 1.82 bits per heavy atom. The highest BCUT2D eigenvalue weighted by Crippen LogP contribution is 2.32. The number of anilines is 1. The first kappa shape index (κ1) is 19.5. The predicted octanol–water partition coefficient (Wildman–Crippen LogP) is 5.22. The van der Waals surface area contributed by atoms with Crippen molar-refractivity contribution < 1.29 is 23.0 Å². The highest BCUT2D eigenvalue weighted by Gasteiger charge is 2.16. The van der Waals surface area contributed by atoms with E-state index in [-0.39, 0.29) is 23.3 Å². The Labute approximate surface area is 161 Å². The maximum Gasteiger partial charge on any atom is 0.387 e. The summed E-state index contributed by atoms with van der Waals surface area (Å²) in [5, 5.41) is 3.44. The number of alkyl halides is 2. The summed E-state index contributed by atoms with van der Waals surface area (Å²) in [5.41, 5.74) is 2.28. The van der Waals surface area contributed by atoms with Crippen LogP contribution in [0.4, 0.5) is 14.5 Å². The van der Waals surface area contributed by atoms with E-state index in [0.29, 0.717) is 16.6 Å². The summed E-state index contributed by atoms with van der Waals surface area (Å²) < 4.78 is 34.7. The first-order valence-electron chi connectivity index (χ1n) is 8.73. The number of ether oxygens (including phenoxy) is 2. The third kappa shape index (κ3) is 4.19. The third-order valence-corrected chi connectivity index (χ3v) is 4.21. The van der Waals surface area contributed by atoms with Gasteiger partial charge in [-0.2, -0.15) is 8.78 Å². The van der Waals surface area contributed by atoms with Crippen LogP contribution < -0.4 is 14.8 Å². The number of halogens is 2. The van der Waals surface area contributed by atoms with Crippen LogP contribution in [0.5, 0.6) is 11.5 Å². The van der Waals surface area contributed by atoms with Crippen molar-refractivity contribution in [1.29, 1.82) is 0 Å². The fourth-order valence-corrected chi connectivity index (χ4v) is 2.82. The van der Waals surface area contributed by atoms with Crippen LogP contribution in [0.25, 0.3) is 10.9 Å². The highest BCUT2D eigenvalue weighted by molar-refractivity contribution is 6.12. The molecule has 0 saturated heterocycles. The van der Waals surface area contributed by atoms with Crippen molar-refractivity contribution in [3.8, 4) is 11.5 Å². The first-order valence-corrected chi connectivity index (χ1v) is 8.73. The average Bonchev–Trinajstić information content (AvgIpc) is 2.66. The maximum atomic E-state index is 12.9. The van der Waals surface area contributed by atoms with Gasteiger partial charge in [0, 0.05) is 22.8 Å². The minimum absolute atomic E-state index is 0.142. The van der Waals surface area contributed by atoms with Gasteiger partial charge in [0.15, 0.2) is 11.5 Å². The molecule has 1 N–H and O–H groups in total. The second-order valence-electron chi connectivity index (χ2n) is 6.46. The number of hydrogen-bond donors (Lipinski definition) is 1. The molecular formula is C21H20F2N2O3. The Hall–Kier alpha value is -3.22. The van der Waals surface area contributed by atoms with Crippen LogP contribution in [0.3, 0.4) is 0 Å². The average molecular weight is 386 g/mol. The third-order valence-electron chi connectivity index (χ3n) is 4.21. The van der Waals surface area contributed by atoms with Crippen molar-refractivity contribution in [3.05, 3.63) is 59.8 Å². The molecule has 3 aromatic rings. The van der Waals surface area contributed by atoms with Crippen LogP contribution in [0, 0.1) is 0 Å². The molecule has 28 heavy (non-hydrogen) atoms. The van der Waals surface area contributed by atoms with Gasteiger partial charge in [0.1, 0.15) is 0 Å². The SMILES string of the molecule is COc1ccc(NC(=O)c2cc(C(C)C)nc3ccccc23)cc1OC(F)F. The second-order valence-corrected chi connectivity index (χ2v) is 6.46. The molecule has 5 nitrogen and oxygen atoms in total. The lowest BCUT2D eigenvalue weighted by Gasteiger charge is -2.14. The summed E-state index contributed by atoms with van der Waals surface area (Å²) in [5.74, 6) is -0.232. The van der Waals surface area contributed by atoms with E-state index in [2.05, 4.69) is 15.0 Å². The van der Waals surface area contributed by atoms with Crippen molar-refractivity contribution in [2.45, 2.75) is 26.4 Å². The molecule has 0 aliphatic heterocycles. The quantitative estimate of drug-likeness (QED) is 0.631. The molecular weight excluding hydrogens is 366 g/mol. The lowest BCUT2D eigenvalue weighted by Crippen LogP contribution is -2.14. The predicted molar refractivity (Wildman–Crippen MR) is 103 cm³/mol.